The average molecular weight is 801 g/mol. The van der Waals surface area contributed by atoms with E-state index in [2.05, 4.69) is 36.4 Å². The predicted octanol–water partition coefficient (Wildman–Crippen LogP) is 12.5. The fourth-order valence-electron chi connectivity index (χ4n) is 7.43. The summed E-state index contributed by atoms with van der Waals surface area (Å²) in [6.45, 7) is 11.1. The number of rotatable bonds is 3. The summed E-state index contributed by atoms with van der Waals surface area (Å²) >= 11 is 3.34. The summed E-state index contributed by atoms with van der Waals surface area (Å²) in [6, 6.07) is 35.8. The molecule has 10 rings (SSSR count). The maximum Gasteiger partial charge on any atom is 0.420 e. The molecular formula is C46H36N6O4S2. The minimum absolute atomic E-state index is 0.454. The van der Waals surface area contributed by atoms with Crippen LogP contribution in [0.1, 0.15) is 41.5 Å². The molecule has 0 bridgehead atoms. The first-order chi connectivity index (χ1) is 27.8. The maximum absolute atomic E-state index is 13.8. The van der Waals surface area contributed by atoms with Crippen LogP contribution < -0.4 is 0 Å². The number of hydrogen-bond donors (Lipinski definition) is 0. The molecule has 10 nitrogen and oxygen atoms in total. The largest absolute Gasteiger partial charge is 0.443 e. The number of aromatic nitrogens is 6. The topological polar surface area (TPSA) is 114 Å². The molecule has 6 aromatic heterocycles. The number of fused-ring (bicyclic) bond motifs is 8. The van der Waals surface area contributed by atoms with Crippen molar-refractivity contribution in [2.75, 3.05) is 0 Å². The van der Waals surface area contributed by atoms with E-state index in [1.54, 1.807) is 31.8 Å². The van der Waals surface area contributed by atoms with Crippen molar-refractivity contribution in [1.82, 2.24) is 29.1 Å². The Hall–Kier alpha value is -6.50. The number of carbonyl (C=O) groups excluding carboxylic acids is 2. The zero-order valence-electron chi connectivity index (χ0n) is 32.5. The van der Waals surface area contributed by atoms with Crippen LogP contribution in [-0.2, 0) is 9.47 Å². The van der Waals surface area contributed by atoms with Crippen LogP contribution in [0.3, 0.4) is 0 Å². The summed E-state index contributed by atoms with van der Waals surface area (Å²) in [6.07, 6.45) is -1.01. The van der Waals surface area contributed by atoms with Gasteiger partial charge in [0.2, 0.25) is 0 Å². The van der Waals surface area contributed by atoms with E-state index < -0.39 is 23.4 Å². The molecule has 0 spiro atoms. The van der Waals surface area contributed by atoms with Gasteiger partial charge in [0.05, 0.1) is 33.1 Å². The fraction of sp³-hybridized carbons (Fsp3) is 0.174. The summed E-state index contributed by atoms with van der Waals surface area (Å²) in [7, 11) is 0. The lowest BCUT2D eigenvalue weighted by molar-refractivity contribution is 0.0539. The molecule has 58 heavy (non-hydrogen) atoms. The Morgan fingerprint density at radius 1 is 0.466 bits per heavy atom. The van der Waals surface area contributed by atoms with Gasteiger partial charge in [0.15, 0.2) is 11.3 Å². The molecule has 6 heterocycles. The van der Waals surface area contributed by atoms with Crippen molar-refractivity contribution in [2.24, 2.45) is 0 Å². The van der Waals surface area contributed by atoms with Gasteiger partial charge in [0, 0.05) is 41.4 Å². The van der Waals surface area contributed by atoms with E-state index in [0.717, 1.165) is 52.4 Å². The van der Waals surface area contributed by atoms with Crippen molar-refractivity contribution in [3.63, 3.8) is 0 Å². The molecular weight excluding hydrogens is 765 g/mol. The van der Waals surface area contributed by atoms with Crippen molar-refractivity contribution in [3.8, 4) is 30.6 Å². The summed E-state index contributed by atoms with van der Waals surface area (Å²) in [5.41, 5.74) is 6.92. The third-order valence-corrected chi connectivity index (χ3v) is 12.1. The number of carbonyl (C=O) groups is 2. The molecule has 0 atom stereocenters. The second-order valence-electron chi connectivity index (χ2n) is 16.1. The van der Waals surface area contributed by atoms with Crippen LogP contribution in [0.25, 0.3) is 96.8 Å². The summed E-state index contributed by atoms with van der Waals surface area (Å²) < 4.78 is 14.9. The van der Waals surface area contributed by atoms with Gasteiger partial charge >= 0.3 is 12.2 Å². The van der Waals surface area contributed by atoms with Crippen LogP contribution in [0.5, 0.6) is 0 Å². The molecule has 286 valence electrons. The van der Waals surface area contributed by atoms with Crippen LogP contribution in [0.4, 0.5) is 9.59 Å². The Kier molecular flexibility index (Phi) is 8.05. The molecule has 4 aromatic carbocycles. The second-order valence-corrected chi connectivity index (χ2v) is 18.3. The number of para-hydroxylation sites is 4. The minimum atomic E-state index is -0.702. The van der Waals surface area contributed by atoms with E-state index in [1.807, 2.05) is 114 Å². The fourth-order valence-corrected chi connectivity index (χ4v) is 9.60. The Morgan fingerprint density at radius 3 is 1.21 bits per heavy atom. The molecule has 0 saturated carbocycles. The monoisotopic (exact) mass is 800 g/mol. The predicted molar refractivity (Wildman–Crippen MR) is 234 cm³/mol. The zero-order valence-corrected chi connectivity index (χ0v) is 34.2. The first-order valence-corrected chi connectivity index (χ1v) is 20.5. The van der Waals surface area contributed by atoms with Gasteiger partial charge in [-0.15, -0.1) is 22.7 Å². The number of ether oxygens (including phenoxy) is 2. The van der Waals surface area contributed by atoms with Gasteiger partial charge in [-0.25, -0.2) is 38.7 Å². The van der Waals surface area contributed by atoms with E-state index in [9.17, 15) is 9.59 Å². The van der Waals surface area contributed by atoms with Crippen molar-refractivity contribution >= 4 is 101 Å². The van der Waals surface area contributed by atoms with Gasteiger partial charge in [-0.3, -0.25) is 0 Å². The van der Waals surface area contributed by atoms with E-state index in [0.29, 0.717) is 44.4 Å². The molecule has 0 amide bonds. The van der Waals surface area contributed by atoms with Crippen LogP contribution in [0.15, 0.2) is 109 Å². The van der Waals surface area contributed by atoms with Crippen LogP contribution in [0, 0.1) is 0 Å². The SMILES string of the molecule is CC(C)(C)OC(=O)n1c2cccc(-c3ccc(-c4ccc(-c5cccc6c5c5nc7ccccc7nc5n6C(=O)OC(C)(C)C)s4)s3)c2c2nc3ccccc3nc21. The smallest absolute Gasteiger partial charge is 0.420 e. The summed E-state index contributed by atoms with van der Waals surface area (Å²) in [5.74, 6) is 0. The molecule has 0 unspecified atom stereocenters. The third kappa shape index (κ3) is 5.98. The van der Waals surface area contributed by atoms with Crippen LogP contribution >= 0.6 is 22.7 Å². The molecule has 0 aliphatic carbocycles. The third-order valence-electron chi connectivity index (χ3n) is 9.71. The number of benzene rings is 4. The Labute approximate surface area is 340 Å². The molecule has 0 radical (unpaired) electrons. The lowest BCUT2D eigenvalue weighted by atomic mass is 10.1. The molecule has 12 heteroatoms. The van der Waals surface area contributed by atoms with E-state index in [-0.39, 0.29) is 0 Å². The quantitative estimate of drug-likeness (QED) is 0.173. The van der Waals surface area contributed by atoms with E-state index in [1.165, 1.54) is 0 Å². The summed E-state index contributed by atoms with van der Waals surface area (Å²) in [5, 5.41) is 1.67. The van der Waals surface area contributed by atoms with Gasteiger partial charge < -0.3 is 9.47 Å². The first kappa shape index (κ1) is 35.9. The van der Waals surface area contributed by atoms with Gasteiger partial charge in [-0.05, 0) is 102 Å². The van der Waals surface area contributed by atoms with Gasteiger partial charge in [-0.2, -0.15) is 0 Å². The minimum Gasteiger partial charge on any atom is -0.443 e. The van der Waals surface area contributed by atoms with Gasteiger partial charge in [0.1, 0.15) is 22.2 Å². The number of thiophene rings is 2. The highest BCUT2D eigenvalue weighted by Crippen LogP contribution is 2.45. The lowest BCUT2D eigenvalue weighted by Crippen LogP contribution is -2.27. The van der Waals surface area contributed by atoms with E-state index in [4.69, 9.17) is 29.4 Å². The van der Waals surface area contributed by atoms with Gasteiger partial charge in [0.25, 0.3) is 0 Å². The lowest BCUT2D eigenvalue weighted by Gasteiger charge is -2.20. The Morgan fingerprint density at radius 2 is 0.828 bits per heavy atom. The van der Waals surface area contributed by atoms with Crippen molar-refractivity contribution in [1.29, 1.82) is 0 Å². The molecule has 0 saturated heterocycles. The number of hydrogen-bond acceptors (Lipinski definition) is 10. The van der Waals surface area contributed by atoms with Crippen molar-refractivity contribution in [3.05, 3.63) is 109 Å². The Bertz CT molecular complexity index is 3100. The molecule has 0 aliphatic rings. The van der Waals surface area contributed by atoms with E-state index >= 15 is 0 Å². The zero-order chi connectivity index (χ0) is 40.1. The van der Waals surface area contributed by atoms with Crippen LogP contribution in [0.2, 0.25) is 0 Å². The molecule has 10 aromatic rings. The highest BCUT2D eigenvalue weighted by molar-refractivity contribution is 7.25. The van der Waals surface area contributed by atoms with Crippen molar-refractivity contribution < 1.29 is 19.1 Å². The second kappa shape index (κ2) is 13.0. The molecule has 0 fully saturated rings. The Balaban J connectivity index is 1.10. The highest BCUT2D eigenvalue weighted by Gasteiger charge is 2.28. The molecule has 0 aliphatic heterocycles. The molecule has 0 N–H and O–H groups in total. The maximum atomic E-state index is 13.8. The first-order valence-electron chi connectivity index (χ1n) is 18.9. The highest BCUT2D eigenvalue weighted by atomic mass is 32.1. The number of nitrogens with zero attached hydrogens (tertiary/aromatic N) is 6. The standard InChI is InChI=1S/C46H36N6O4S2/c1-45(2,3)55-43(53)51-31-19-11-13-25(37(31)39-41(51)49-29-17-9-7-15-27(29)47-39)33-21-23-35(57-33)36-24-22-34(58-36)26-14-12-20-32-38(26)40-42(52(32)44(54)56-46(4,5)6)50-30-18-10-8-16-28(30)48-40/h7-24H,1-6H3. The van der Waals surface area contributed by atoms with Crippen LogP contribution in [-0.4, -0.2) is 52.5 Å². The van der Waals surface area contributed by atoms with Gasteiger partial charge in [-0.1, -0.05) is 48.5 Å². The normalized spacial score (nSPS) is 12.4. The average Bonchev–Trinajstić information content (AvgIpc) is 3.98. The van der Waals surface area contributed by atoms with Crippen molar-refractivity contribution in [2.45, 2.75) is 52.7 Å². The summed E-state index contributed by atoms with van der Waals surface area (Å²) in [4.78, 5) is 51.8.